The van der Waals surface area contributed by atoms with Gasteiger partial charge in [-0.15, -0.1) is 11.3 Å². The Labute approximate surface area is 206 Å². The highest BCUT2D eigenvalue weighted by molar-refractivity contribution is 7.13. The Morgan fingerprint density at radius 2 is 1.68 bits per heavy atom. The van der Waals surface area contributed by atoms with Crippen LogP contribution in [0.3, 0.4) is 0 Å². The molecule has 7 heteroatoms. The van der Waals surface area contributed by atoms with Gasteiger partial charge in [0.15, 0.2) is 0 Å². The first-order valence-corrected chi connectivity index (χ1v) is 11.9. The zero-order chi connectivity index (χ0) is 23.9. The highest BCUT2D eigenvalue weighted by Crippen LogP contribution is 2.37. The summed E-state index contributed by atoms with van der Waals surface area (Å²) in [5, 5.41) is 11.1. The lowest BCUT2D eigenvalue weighted by Crippen LogP contribution is -2.23. The van der Waals surface area contributed by atoms with Crippen LogP contribution in [-0.2, 0) is 17.6 Å². The number of rotatable bonds is 9. The Balaban J connectivity index is 1.46. The zero-order valence-electron chi connectivity index (χ0n) is 18.2. The Bertz CT molecular complexity index is 1260. The smallest absolute Gasteiger partial charge is 0.307 e. The van der Waals surface area contributed by atoms with E-state index < -0.39 is 5.97 Å². The molecule has 0 saturated carbocycles. The van der Waals surface area contributed by atoms with Gasteiger partial charge in [0, 0.05) is 34.3 Å². The van der Waals surface area contributed by atoms with Crippen LogP contribution in [0.1, 0.15) is 21.5 Å². The van der Waals surface area contributed by atoms with Crippen molar-refractivity contribution in [3.63, 3.8) is 0 Å². The van der Waals surface area contributed by atoms with Gasteiger partial charge >= 0.3 is 5.97 Å². The third-order valence-electron chi connectivity index (χ3n) is 5.18. The predicted octanol–water partition coefficient (Wildman–Crippen LogP) is 6.67. The van der Waals surface area contributed by atoms with Crippen molar-refractivity contribution in [1.82, 2.24) is 4.42 Å². The molecule has 1 N–H and O–H groups in total. The molecule has 0 aliphatic carbocycles. The van der Waals surface area contributed by atoms with Crippen LogP contribution in [0, 0.1) is 0 Å². The van der Waals surface area contributed by atoms with E-state index in [0.717, 1.165) is 16.0 Å². The monoisotopic (exact) mass is 491 g/mol. The molecule has 4 rings (SSSR count). The van der Waals surface area contributed by atoms with Crippen molar-refractivity contribution in [2.45, 2.75) is 12.8 Å². The first kappa shape index (κ1) is 23.5. The standard InChI is InChI=1S/C27H22ClNO4S/c28-29(15-14-19-5-2-1-3-6-19)27(32)21-9-11-22(12-10-21)33-24-13-8-20(18-26(30)31)17-23(24)25-7-4-16-34-25/h1-13,16-17H,14-15,18H2,(H,30,31). The van der Waals surface area contributed by atoms with Crippen LogP contribution in [0.4, 0.5) is 0 Å². The van der Waals surface area contributed by atoms with Gasteiger partial charge in [-0.3, -0.25) is 14.0 Å². The van der Waals surface area contributed by atoms with E-state index >= 15 is 0 Å². The van der Waals surface area contributed by atoms with E-state index in [1.54, 1.807) is 47.7 Å². The predicted molar refractivity (Wildman–Crippen MR) is 135 cm³/mol. The van der Waals surface area contributed by atoms with Gasteiger partial charge in [0.2, 0.25) is 0 Å². The number of amides is 1. The maximum atomic E-state index is 12.7. The zero-order valence-corrected chi connectivity index (χ0v) is 19.8. The van der Waals surface area contributed by atoms with Gasteiger partial charge in [-0.25, -0.2) is 0 Å². The van der Waals surface area contributed by atoms with Gasteiger partial charge < -0.3 is 9.84 Å². The van der Waals surface area contributed by atoms with Crippen LogP contribution in [0.15, 0.2) is 90.3 Å². The largest absolute Gasteiger partial charge is 0.481 e. The highest BCUT2D eigenvalue weighted by atomic mass is 35.5. The summed E-state index contributed by atoms with van der Waals surface area (Å²) >= 11 is 7.77. The normalized spacial score (nSPS) is 10.6. The van der Waals surface area contributed by atoms with E-state index in [-0.39, 0.29) is 12.3 Å². The highest BCUT2D eigenvalue weighted by Gasteiger charge is 2.15. The van der Waals surface area contributed by atoms with E-state index in [0.29, 0.717) is 35.6 Å². The number of carboxylic acids is 1. The van der Waals surface area contributed by atoms with Crippen LogP contribution in [0.25, 0.3) is 10.4 Å². The number of hydrogen-bond acceptors (Lipinski definition) is 4. The maximum absolute atomic E-state index is 12.7. The van der Waals surface area contributed by atoms with Crippen molar-refractivity contribution in [3.8, 4) is 21.9 Å². The van der Waals surface area contributed by atoms with Gasteiger partial charge in [-0.1, -0.05) is 42.5 Å². The molecule has 0 fully saturated rings. The lowest BCUT2D eigenvalue weighted by atomic mass is 10.1. The van der Waals surface area contributed by atoms with Crippen molar-refractivity contribution in [3.05, 3.63) is 107 Å². The van der Waals surface area contributed by atoms with Gasteiger partial charge in [-0.05, 0) is 65.4 Å². The fourth-order valence-corrected chi connectivity index (χ4v) is 4.41. The maximum Gasteiger partial charge on any atom is 0.307 e. The number of ether oxygens (including phenoxy) is 1. The summed E-state index contributed by atoms with van der Waals surface area (Å²) < 4.78 is 7.29. The Morgan fingerprint density at radius 3 is 2.35 bits per heavy atom. The molecule has 3 aromatic carbocycles. The number of carbonyl (C=O) groups is 2. The molecule has 0 atom stereocenters. The molecule has 0 radical (unpaired) electrons. The minimum absolute atomic E-state index is 0.0609. The minimum atomic E-state index is -0.886. The Kier molecular flexibility index (Phi) is 7.62. The fourth-order valence-electron chi connectivity index (χ4n) is 3.48. The Hall–Kier alpha value is -3.61. The topological polar surface area (TPSA) is 66.8 Å². The SMILES string of the molecule is O=C(O)Cc1ccc(Oc2ccc(C(=O)N(Cl)CCc3ccccc3)cc2)c(-c2cccs2)c1. The summed E-state index contributed by atoms with van der Waals surface area (Å²) in [6.07, 6.45) is 0.606. The number of hydrogen-bond donors (Lipinski definition) is 1. The van der Waals surface area contributed by atoms with Crippen molar-refractivity contribution in [2.24, 2.45) is 0 Å². The first-order valence-electron chi connectivity index (χ1n) is 10.7. The summed E-state index contributed by atoms with van der Waals surface area (Å²) in [6.45, 7) is 0.398. The first-order chi connectivity index (χ1) is 16.5. The molecule has 0 spiro atoms. The number of nitrogens with zero attached hydrogens (tertiary/aromatic N) is 1. The van der Waals surface area contributed by atoms with Crippen LogP contribution in [-0.4, -0.2) is 27.9 Å². The summed E-state index contributed by atoms with van der Waals surface area (Å²) in [6, 6.07) is 25.9. The fraction of sp³-hybridized carbons (Fsp3) is 0.111. The summed E-state index contributed by atoms with van der Waals surface area (Å²) in [4.78, 5) is 24.8. The van der Waals surface area contributed by atoms with Gasteiger partial charge in [0.05, 0.1) is 6.42 Å². The molecule has 0 aliphatic heterocycles. The van der Waals surface area contributed by atoms with Crippen LogP contribution in [0.2, 0.25) is 0 Å². The molecule has 0 unspecified atom stereocenters. The van der Waals surface area contributed by atoms with Crippen molar-refractivity contribution in [1.29, 1.82) is 0 Å². The third-order valence-corrected chi connectivity index (χ3v) is 6.40. The minimum Gasteiger partial charge on any atom is -0.481 e. The van der Waals surface area contributed by atoms with Crippen molar-refractivity contribution in [2.75, 3.05) is 6.54 Å². The number of carboxylic acid groups (broad SMARTS) is 1. The molecule has 1 aromatic heterocycles. The summed E-state index contributed by atoms with van der Waals surface area (Å²) in [5.41, 5.74) is 3.09. The molecule has 0 bridgehead atoms. The van der Waals surface area contributed by atoms with Crippen LogP contribution >= 0.6 is 23.1 Å². The summed E-state index contributed by atoms with van der Waals surface area (Å²) in [5.74, 6) is 0.00727. The molecule has 1 heterocycles. The second-order valence-corrected chi connectivity index (χ2v) is 8.99. The molecule has 4 aromatic rings. The van der Waals surface area contributed by atoms with Gasteiger partial charge in [-0.2, -0.15) is 0 Å². The number of benzene rings is 3. The summed E-state index contributed by atoms with van der Waals surface area (Å²) in [7, 11) is 0. The molecular weight excluding hydrogens is 470 g/mol. The second kappa shape index (κ2) is 11.0. The lowest BCUT2D eigenvalue weighted by Gasteiger charge is -2.15. The van der Waals surface area contributed by atoms with Crippen molar-refractivity contribution >= 4 is 35.0 Å². The average Bonchev–Trinajstić information content (AvgIpc) is 3.39. The van der Waals surface area contributed by atoms with Gasteiger partial charge in [0.25, 0.3) is 5.91 Å². The quantitative estimate of drug-likeness (QED) is 0.265. The third kappa shape index (κ3) is 6.04. The second-order valence-electron chi connectivity index (χ2n) is 7.63. The molecular formula is C27H22ClNO4S. The molecule has 0 saturated heterocycles. The van der Waals surface area contributed by atoms with E-state index in [4.69, 9.17) is 21.6 Å². The van der Waals surface area contributed by atoms with E-state index in [1.165, 1.54) is 4.42 Å². The van der Waals surface area contributed by atoms with Crippen LogP contribution < -0.4 is 4.74 Å². The van der Waals surface area contributed by atoms with Gasteiger partial charge in [0.1, 0.15) is 11.5 Å². The lowest BCUT2D eigenvalue weighted by molar-refractivity contribution is -0.136. The molecule has 172 valence electrons. The molecule has 5 nitrogen and oxygen atoms in total. The molecule has 1 amide bonds. The van der Waals surface area contributed by atoms with E-state index in [2.05, 4.69) is 0 Å². The van der Waals surface area contributed by atoms with E-state index in [9.17, 15) is 9.59 Å². The molecule has 34 heavy (non-hydrogen) atoms. The molecule has 0 aliphatic rings. The van der Waals surface area contributed by atoms with E-state index in [1.807, 2.05) is 53.9 Å². The number of thiophene rings is 1. The number of aliphatic carboxylic acids is 1. The van der Waals surface area contributed by atoms with Crippen molar-refractivity contribution < 1.29 is 19.4 Å². The number of carbonyl (C=O) groups excluding carboxylic acids is 1. The average molecular weight is 492 g/mol. The van der Waals surface area contributed by atoms with Crippen LogP contribution in [0.5, 0.6) is 11.5 Å². The Morgan fingerprint density at radius 1 is 0.912 bits per heavy atom. The number of halogens is 1.